The van der Waals surface area contributed by atoms with E-state index in [-0.39, 0.29) is 0 Å². The van der Waals surface area contributed by atoms with Crippen LogP contribution in [0.15, 0.2) is 12.5 Å². The average Bonchev–Trinajstić information content (AvgIpc) is 2.82. The van der Waals surface area contributed by atoms with Gasteiger partial charge in [0.15, 0.2) is 0 Å². The largest absolute Gasteiger partial charge is 0.383 e. The molecule has 0 atom stereocenters. The molecule has 1 N–H and O–H groups in total. The monoisotopic (exact) mass is 282 g/mol. The van der Waals surface area contributed by atoms with Gasteiger partial charge in [-0.05, 0) is 27.7 Å². The van der Waals surface area contributed by atoms with E-state index in [1.807, 2.05) is 12.5 Å². The molecule has 5 nitrogen and oxygen atoms in total. The number of hydrogen-bond acceptors (Lipinski definition) is 4. The van der Waals surface area contributed by atoms with Crippen molar-refractivity contribution in [2.24, 2.45) is 0 Å². The van der Waals surface area contributed by atoms with E-state index >= 15 is 0 Å². The lowest BCUT2D eigenvalue weighted by atomic mass is 10.2. The predicted octanol–water partition coefficient (Wildman–Crippen LogP) is 1.74. The molecule has 0 saturated heterocycles. The summed E-state index contributed by atoms with van der Waals surface area (Å²) in [4.78, 5) is 6.76. The molecule has 116 valence electrons. The van der Waals surface area contributed by atoms with Gasteiger partial charge in [0.25, 0.3) is 0 Å². The summed E-state index contributed by atoms with van der Waals surface area (Å²) in [5, 5.41) is 3.36. The fourth-order valence-electron chi connectivity index (χ4n) is 2.42. The standard InChI is InChI=1S/C15H30N4O/c1-13(2)19(14(3)4)8-7-18-12-17-11-15(18)10-16-6-9-20-5/h11-14,16H,6-10H2,1-5H3. The lowest BCUT2D eigenvalue weighted by Crippen LogP contribution is -2.39. The van der Waals surface area contributed by atoms with Crippen molar-refractivity contribution in [2.75, 3.05) is 26.8 Å². The highest BCUT2D eigenvalue weighted by Gasteiger charge is 2.13. The molecule has 20 heavy (non-hydrogen) atoms. The number of rotatable bonds is 10. The number of methoxy groups -OCH3 is 1. The number of aromatic nitrogens is 2. The summed E-state index contributed by atoms with van der Waals surface area (Å²) in [6.45, 7) is 13.5. The molecule has 0 amide bonds. The molecule has 1 heterocycles. The van der Waals surface area contributed by atoms with E-state index in [0.29, 0.717) is 12.1 Å². The van der Waals surface area contributed by atoms with E-state index in [1.165, 1.54) is 5.69 Å². The molecule has 0 bridgehead atoms. The molecule has 0 aliphatic carbocycles. The Morgan fingerprint density at radius 1 is 1.30 bits per heavy atom. The second kappa shape index (κ2) is 9.10. The number of imidazole rings is 1. The van der Waals surface area contributed by atoms with Crippen molar-refractivity contribution in [2.45, 2.75) is 52.9 Å². The number of nitrogens with one attached hydrogen (secondary N) is 1. The summed E-state index contributed by atoms with van der Waals surface area (Å²) in [6, 6.07) is 1.14. The van der Waals surface area contributed by atoms with Crippen molar-refractivity contribution in [1.29, 1.82) is 0 Å². The highest BCUT2D eigenvalue weighted by atomic mass is 16.5. The molecular weight excluding hydrogens is 252 g/mol. The van der Waals surface area contributed by atoms with Gasteiger partial charge in [0.1, 0.15) is 0 Å². The Kier molecular flexibility index (Phi) is 7.80. The first-order valence-electron chi connectivity index (χ1n) is 7.50. The van der Waals surface area contributed by atoms with Gasteiger partial charge in [-0.3, -0.25) is 4.90 Å². The Balaban J connectivity index is 2.45. The third-order valence-electron chi connectivity index (χ3n) is 3.51. The number of nitrogens with zero attached hydrogens (tertiary/aromatic N) is 3. The molecule has 0 fully saturated rings. The third-order valence-corrected chi connectivity index (χ3v) is 3.51. The molecule has 0 saturated carbocycles. The van der Waals surface area contributed by atoms with Crippen LogP contribution in [0.1, 0.15) is 33.4 Å². The van der Waals surface area contributed by atoms with E-state index in [1.54, 1.807) is 7.11 Å². The van der Waals surface area contributed by atoms with Gasteiger partial charge in [-0.1, -0.05) is 0 Å². The molecule has 0 unspecified atom stereocenters. The van der Waals surface area contributed by atoms with Crippen LogP contribution in [0.25, 0.3) is 0 Å². The molecule has 1 aromatic heterocycles. The third kappa shape index (κ3) is 5.61. The fourth-order valence-corrected chi connectivity index (χ4v) is 2.42. The van der Waals surface area contributed by atoms with Gasteiger partial charge in [-0.2, -0.15) is 0 Å². The van der Waals surface area contributed by atoms with Crippen LogP contribution in [0.3, 0.4) is 0 Å². The van der Waals surface area contributed by atoms with Crippen LogP contribution in [-0.4, -0.2) is 53.3 Å². The van der Waals surface area contributed by atoms with Gasteiger partial charge in [0.05, 0.1) is 18.6 Å². The molecule has 0 aliphatic heterocycles. The van der Waals surface area contributed by atoms with Crippen LogP contribution in [0.5, 0.6) is 0 Å². The van der Waals surface area contributed by atoms with Gasteiger partial charge in [-0.15, -0.1) is 0 Å². The van der Waals surface area contributed by atoms with Crippen molar-refractivity contribution in [3.63, 3.8) is 0 Å². The van der Waals surface area contributed by atoms with Crippen molar-refractivity contribution >= 4 is 0 Å². The fraction of sp³-hybridized carbons (Fsp3) is 0.800. The minimum Gasteiger partial charge on any atom is -0.383 e. The molecule has 0 spiro atoms. The highest BCUT2D eigenvalue weighted by Crippen LogP contribution is 2.06. The zero-order valence-corrected chi connectivity index (χ0v) is 13.6. The molecule has 1 aromatic rings. The Morgan fingerprint density at radius 2 is 2.00 bits per heavy atom. The van der Waals surface area contributed by atoms with Crippen molar-refractivity contribution in [3.05, 3.63) is 18.2 Å². The van der Waals surface area contributed by atoms with Gasteiger partial charge < -0.3 is 14.6 Å². The minimum absolute atomic E-state index is 0.571. The van der Waals surface area contributed by atoms with Crippen LogP contribution < -0.4 is 5.32 Å². The number of ether oxygens (including phenoxy) is 1. The van der Waals surface area contributed by atoms with Crippen molar-refractivity contribution in [3.8, 4) is 0 Å². The Morgan fingerprint density at radius 3 is 2.60 bits per heavy atom. The summed E-state index contributed by atoms with van der Waals surface area (Å²) in [5.74, 6) is 0. The SMILES string of the molecule is COCCNCc1cncn1CCN(C(C)C)C(C)C. The van der Waals surface area contributed by atoms with Crippen LogP contribution >= 0.6 is 0 Å². The molecule has 5 heteroatoms. The van der Waals surface area contributed by atoms with Gasteiger partial charge >= 0.3 is 0 Å². The maximum Gasteiger partial charge on any atom is 0.0949 e. The van der Waals surface area contributed by atoms with Crippen molar-refractivity contribution in [1.82, 2.24) is 19.8 Å². The van der Waals surface area contributed by atoms with E-state index in [4.69, 9.17) is 4.74 Å². The molecule has 1 rings (SSSR count). The maximum absolute atomic E-state index is 5.03. The Bertz CT molecular complexity index is 355. The molecule has 0 aromatic carbocycles. The first kappa shape index (κ1) is 17.1. The first-order chi connectivity index (χ1) is 9.56. The zero-order chi connectivity index (χ0) is 15.0. The van der Waals surface area contributed by atoms with E-state index in [2.05, 4.69) is 47.5 Å². The van der Waals surface area contributed by atoms with E-state index in [9.17, 15) is 0 Å². The lowest BCUT2D eigenvalue weighted by molar-refractivity contribution is 0.167. The highest BCUT2D eigenvalue weighted by molar-refractivity contribution is 4.98. The Labute approximate surface area is 123 Å². The first-order valence-corrected chi connectivity index (χ1v) is 7.50. The quantitative estimate of drug-likeness (QED) is 0.664. The Hall–Kier alpha value is -0.910. The summed E-state index contributed by atoms with van der Waals surface area (Å²) in [6.07, 6.45) is 3.86. The normalized spacial score (nSPS) is 12.0. The van der Waals surface area contributed by atoms with Crippen LogP contribution in [0.2, 0.25) is 0 Å². The maximum atomic E-state index is 5.03. The summed E-state index contributed by atoms with van der Waals surface area (Å²) >= 11 is 0. The second-order valence-electron chi connectivity index (χ2n) is 5.67. The average molecular weight is 282 g/mol. The summed E-state index contributed by atoms with van der Waals surface area (Å²) in [7, 11) is 1.72. The van der Waals surface area contributed by atoms with Crippen molar-refractivity contribution < 1.29 is 4.74 Å². The van der Waals surface area contributed by atoms with Crippen LogP contribution in [0, 0.1) is 0 Å². The van der Waals surface area contributed by atoms with Gasteiger partial charge in [0, 0.05) is 51.6 Å². The van der Waals surface area contributed by atoms with Gasteiger partial charge in [0.2, 0.25) is 0 Å². The molecular formula is C15H30N4O. The predicted molar refractivity (Wildman–Crippen MR) is 82.8 cm³/mol. The second-order valence-corrected chi connectivity index (χ2v) is 5.67. The van der Waals surface area contributed by atoms with Crippen LogP contribution in [0.4, 0.5) is 0 Å². The number of hydrogen-bond donors (Lipinski definition) is 1. The smallest absolute Gasteiger partial charge is 0.0949 e. The molecule has 0 aliphatic rings. The molecule has 0 radical (unpaired) electrons. The lowest BCUT2D eigenvalue weighted by Gasteiger charge is -2.30. The van der Waals surface area contributed by atoms with E-state index in [0.717, 1.165) is 32.8 Å². The van der Waals surface area contributed by atoms with E-state index < -0.39 is 0 Å². The topological polar surface area (TPSA) is 42.3 Å². The van der Waals surface area contributed by atoms with Gasteiger partial charge in [-0.25, -0.2) is 4.98 Å². The zero-order valence-electron chi connectivity index (χ0n) is 13.6. The summed E-state index contributed by atoms with van der Waals surface area (Å²) in [5.41, 5.74) is 1.23. The minimum atomic E-state index is 0.571. The summed E-state index contributed by atoms with van der Waals surface area (Å²) < 4.78 is 7.27. The van der Waals surface area contributed by atoms with Crippen LogP contribution in [-0.2, 0) is 17.8 Å².